The van der Waals surface area contributed by atoms with E-state index in [0.29, 0.717) is 6.54 Å². The van der Waals surface area contributed by atoms with E-state index in [0.717, 1.165) is 25.9 Å². The second kappa shape index (κ2) is 6.68. The molecule has 0 heterocycles. The van der Waals surface area contributed by atoms with Crippen LogP contribution in [0.15, 0.2) is 5.18 Å². The van der Waals surface area contributed by atoms with Gasteiger partial charge in [0, 0.05) is 0 Å². The number of nitrogens with zero attached hydrogens (tertiary/aromatic N) is 2. The second-order valence-electron chi connectivity index (χ2n) is 2.46. The maximum atomic E-state index is 9.66. The molecule has 0 rings (SSSR count). The Kier molecular flexibility index (Phi) is 6.38. The summed E-state index contributed by atoms with van der Waals surface area (Å²) in [5.41, 5.74) is 0. The summed E-state index contributed by atoms with van der Waals surface area (Å²) in [7, 11) is 2.08. The molecule has 0 aliphatic carbocycles. The highest BCUT2D eigenvalue weighted by Crippen LogP contribution is 1.91. The minimum absolute atomic E-state index is 0.470. The molecule has 0 atom stereocenters. The molecule has 0 spiro atoms. The Bertz CT molecular complexity index is 85.7. The van der Waals surface area contributed by atoms with Crippen molar-refractivity contribution in [2.75, 3.05) is 26.7 Å². The number of rotatable bonds is 6. The zero-order valence-electron chi connectivity index (χ0n) is 6.84. The van der Waals surface area contributed by atoms with Gasteiger partial charge in [0.2, 0.25) is 0 Å². The van der Waals surface area contributed by atoms with E-state index >= 15 is 0 Å². The van der Waals surface area contributed by atoms with Crippen LogP contribution in [0.1, 0.15) is 19.8 Å². The van der Waals surface area contributed by atoms with Gasteiger partial charge in [-0.3, -0.25) is 0 Å². The van der Waals surface area contributed by atoms with Gasteiger partial charge in [0.15, 0.2) is 0 Å². The molecule has 0 amide bonds. The first-order valence-corrected chi connectivity index (χ1v) is 3.79. The molecule has 10 heavy (non-hydrogen) atoms. The van der Waals surface area contributed by atoms with Crippen molar-refractivity contribution in [1.29, 1.82) is 0 Å². The van der Waals surface area contributed by atoms with Crippen LogP contribution in [0, 0.1) is 4.91 Å². The van der Waals surface area contributed by atoms with Gasteiger partial charge in [-0.25, -0.2) is 0 Å². The van der Waals surface area contributed by atoms with Crippen molar-refractivity contribution in [3.8, 4) is 0 Å². The lowest BCUT2D eigenvalue weighted by Gasteiger charge is -2.11. The molecule has 0 saturated carbocycles. The zero-order valence-corrected chi connectivity index (χ0v) is 6.84. The van der Waals surface area contributed by atoms with E-state index in [4.69, 9.17) is 0 Å². The Labute approximate surface area is 62.4 Å². The highest BCUT2D eigenvalue weighted by Gasteiger charge is 1.92. The molecule has 3 nitrogen and oxygen atoms in total. The fourth-order valence-electron chi connectivity index (χ4n) is 0.716. The Hall–Kier alpha value is -0.440. The van der Waals surface area contributed by atoms with Crippen LogP contribution in [-0.2, 0) is 0 Å². The second-order valence-corrected chi connectivity index (χ2v) is 2.46. The maximum absolute atomic E-state index is 9.66. The monoisotopic (exact) mass is 144 g/mol. The number of nitroso groups, excluding NO2 is 1. The van der Waals surface area contributed by atoms with E-state index < -0.39 is 0 Å². The molecule has 60 valence electrons. The number of hydrogen-bond acceptors (Lipinski definition) is 3. The molecular formula is C7H16N2O. The summed E-state index contributed by atoms with van der Waals surface area (Å²) in [4.78, 5) is 11.9. The summed E-state index contributed by atoms with van der Waals surface area (Å²) in [6.07, 6.45) is 2.00. The molecule has 0 aliphatic rings. The van der Waals surface area contributed by atoms with Crippen LogP contribution in [0.25, 0.3) is 0 Å². The van der Waals surface area contributed by atoms with Crippen LogP contribution in [0.4, 0.5) is 0 Å². The van der Waals surface area contributed by atoms with Crippen molar-refractivity contribution in [2.24, 2.45) is 5.18 Å². The SMILES string of the molecule is CCN(C)CCCCN=O. The van der Waals surface area contributed by atoms with Gasteiger partial charge in [-0.15, -0.1) is 0 Å². The first kappa shape index (κ1) is 9.56. The molecule has 0 saturated heterocycles. The lowest BCUT2D eigenvalue weighted by Crippen LogP contribution is -2.18. The molecule has 0 aromatic heterocycles. The molecule has 3 heteroatoms. The first-order valence-electron chi connectivity index (χ1n) is 3.79. The Morgan fingerprint density at radius 2 is 2.10 bits per heavy atom. The largest absolute Gasteiger partial charge is 0.307 e. The van der Waals surface area contributed by atoms with E-state index in [1.165, 1.54) is 0 Å². The summed E-state index contributed by atoms with van der Waals surface area (Å²) in [5.74, 6) is 0. The Morgan fingerprint density at radius 1 is 1.40 bits per heavy atom. The average molecular weight is 144 g/mol. The topological polar surface area (TPSA) is 32.7 Å². The lowest BCUT2D eigenvalue weighted by atomic mass is 10.3. The standard InChI is InChI=1S/C7H16N2O/c1-3-9(2)7-5-4-6-8-10/h3-7H2,1-2H3. The van der Waals surface area contributed by atoms with Gasteiger partial charge in [-0.1, -0.05) is 12.1 Å². The van der Waals surface area contributed by atoms with Crippen LogP contribution in [-0.4, -0.2) is 31.6 Å². The van der Waals surface area contributed by atoms with Gasteiger partial charge in [0.1, 0.15) is 0 Å². The minimum atomic E-state index is 0.470. The highest BCUT2D eigenvalue weighted by atomic mass is 16.3. The summed E-state index contributed by atoms with van der Waals surface area (Å²) in [6.45, 7) is 4.75. The van der Waals surface area contributed by atoms with E-state index in [9.17, 15) is 4.91 Å². The molecule has 0 aromatic carbocycles. The van der Waals surface area contributed by atoms with Gasteiger partial charge in [-0.2, -0.15) is 4.91 Å². The minimum Gasteiger partial charge on any atom is -0.307 e. The van der Waals surface area contributed by atoms with E-state index in [-0.39, 0.29) is 0 Å². The first-order chi connectivity index (χ1) is 4.81. The zero-order chi connectivity index (χ0) is 7.82. The van der Waals surface area contributed by atoms with Crippen molar-refractivity contribution < 1.29 is 0 Å². The molecule has 0 N–H and O–H groups in total. The van der Waals surface area contributed by atoms with E-state index in [1.807, 2.05) is 0 Å². The van der Waals surface area contributed by atoms with Gasteiger partial charge in [0.05, 0.1) is 6.54 Å². The lowest BCUT2D eigenvalue weighted by molar-refractivity contribution is 0.344. The molecule has 0 radical (unpaired) electrons. The number of hydrogen-bond donors (Lipinski definition) is 0. The van der Waals surface area contributed by atoms with Crippen molar-refractivity contribution >= 4 is 0 Å². The van der Waals surface area contributed by atoms with Crippen molar-refractivity contribution in [3.05, 3.63) is 4.91 Å². The Balaban J connectivity index is 2.95. The fourth-order valence-corrected chi connectivity index (χ4v) is 0.716. The van der Waals surface area contributed by atoms with Crippen LogP contribution >= 0.6 is 0 Å². The fraction of sp³-hybridized carbons (Fsp3) is 1.00. The summed E-state index contributed by atoms with van der Waals surface area (Å²) < 4.78 is 0. The predicted octanol–water partition coefficient (Wildman–Crippen LogP) is 1.48. The smallest absolute Gasteiger partial charge is 0.0811 e. The van der Waals surface area contributed by atoms with Gasteiger partial charge < -0.3 is 4.90 Å². The van der Waals surface area contributed by atoms with Crippen LogP contribution < -0.4 is 0 Å². The van der Waals surface area contributed by atoms with Gasteiger partial charge in [-0.05, 0) is 33.0 Å². The normalized spacial score (nSPS) is 10.3. The molecule has 0 unspecified atom stereocenters. The maximum Gasteiger partial charge on any atom is 0.0811 e. The molecule has 0 aromatic rings. The van der Waals surface area contributed by atoms with Gasteiger partial charge >= 0.3 is 0 Å². The third kappa shape index (κ3) is 5.69. The molecule has 0 fully saturated rings. The van der Waals surface area contributed by atoms with Crippen LogP contribution in [0.3, 0.4) is 0 Å². The molecule has 0 bridgehead atoms. The summed E-state index contributed by atoms with van der Waals surface area (Å²) >= 11 is 0. The van der Waals surface area contributed by atoms with Crippen molar-refractivity contribution in [2.45, 2.75) is 19.8 Å². The predicted molar refractivity (Wildman–Crippen MR) is 43.1 cm³/mol. The van der Waals surface area contributed by atoms with Crippen LogP contribution in [0.2, 0.25) is 0 Å². The summed E-state index contributed by atoms with van der Waals surface area (Å²) in [5, 5.41) is 2.79. The third-order valence-electron chi connectivity index (χ3n) is 1.58. The summed E-state index contributed by atoms with van der Waals surface area (Å²) in [6, 6.07) is 0. The van der Waals surface area contributed by atoms with E-state index in [2.05, 4.69) is 24.0 Å². The van der Waals surface area contributed by atoms with Crippen LogP contribution in [0.5, 0.6) is 0 Å². The third-order valence-corrected chi connectivity index (χ3v) is 1.58. The van der Waals surface area contributed by atoms with Gasteiger partial charge in [0.25, 0.3) is 0 Å². The quantitative estimate of drug-likeness (QED) is 0.418. The average Bonchev–Trinajstić information content (AvgIpc) is 1.98. The van der Waals surface area contributed by atoms with E-state index in [1.54, 1.807) is 0 Å². The van der Waals surface area contributed by atoms with Crippen molar-refractivity contribution in [1.82, 2.24) is 4.90 Å². The molecule has 0 aliphatic heterocycles. The number of unbranched alkanes of at least 4 members (excludes halogenated alkanes) is 1. The Morgan fingerprint density at radius 3 is 2.60 bits per heavy atom. The molecular weight excluding hydrogens is 128 g/mol. The highest BCUT2D eigenvalue weighted by molar-refractivity contribution is 4.49. The van der Waals surface area contributed by atoms with Crippen molar-refractivity contribution in [3.63, 3.8) is 0 Å².